The van der Waals surface area contributed by atoms with E-state index in [4.69, 9.17) is 9.47 Å². The van der Waals surface area contributed by atoms with E-state index in [0.29, 0.717) is 19.6 Å². The van der Waals surface area contributed by atoms with Crippen molar-refractivity contribution in [2.24, 2.45) is 0 Å². The molecule has 0 aliphatic carbocycles. The third-order valence-corrected chi connectivity index (χ3v) is 3.63. The molecule has 1 saturated heterocycles. The molecule has 5 heteroatoms. The van der Waals surface area contributed by atoms with Crippen molar-refractivity contribution in [1.82, 2.24) is 10.2 Å². The van der Waals surface area contributed by atoms with Crippen LogP contribution in [0.2, 0.25) is 0 Å². The molecule has 1 aromatic carbocycles. The van der Waals surface area contributed by atoms with Crippen LogP contribution < -0.4 is 14.8 Å². The van der Waals surface area contributed by atoms with E-state index in [1.807, 2.05) is 36.1 Å². The minimum atomic E-state index is 0.227. The van der Waals surface area contributed by atoms with Crippen molar-refractivity contribution in [3.05, 3.63) is 24.3 Å². The average molecular weight is 306 g/mol. The number of ether oxygens (including phenoxy) is 2. The lowest BCUT2D eigenvalue weighted by Crippen LogP contribution is -2.34. The van der Waals surface area contributed by atoms with Gasteiger partial charge in [-0.1, -0.05) is 12.1 Å². The molecule has 0 atom stereocenters. The maximum absolute atomic E-state index is 12.1. The first-order valence-corrected chi connectivity index (χ1v) is 8.14. The van der Waals surface area contributed by atoms with E-state index in [-0.39, 0.29) is 5.91 Å². The molecule has 1 aliphatic rings. The molecule has 2 rings (SSSR count). The van der Waals surface area contributed by atoms with Crippen molar-refractivity contribution in [3.63, 3.8) is 0 Å². The van der Waals surface area contributed by atoms with Crippen molar-refractivity contribution in [3.8, 4) is 11.5 Å². The molecule has 0 radical (unpaired) electrons. The summed E-state index contributed by atoms with van der Waals surface area (Å²) >= 11 is 0. The summed E-state index contributed by atoms with van der Waals surface area (Å²) < 4.78 is 11.3. The number of hydrogen-bond donors (Lipinski definition) is 1. The number of para-hydroxylation sites is 2. The highest BCUT2D eigenvalue weighted by atomic mass is 16.5. The third-order valence-electron chi connectivity index (χ3n) is 3.63. The van der Waals surface area contributed by atoms with E-state index in [9.17, 15) is 4.79 Å². The van der Waals surface area contributed by atoms with E-state index in [0.717, 1.165) is 50.5 Å². The summed E-state index contributed by atoms with van der Waals surface area (Å²) in [4.78, 5) is 14.1. The zero-order chi connectivity index (χ0) is 15.6. The predicted octanol–water partition coefficient (Wildman–Crippen LogP) is 2.07. The van der Waals surface area contributed by atoms with Crippen molar-refractivity contribution >= 4 is 5.91 Å². The van der Waals surface area contributed by atoms with Crippen LogP contribution in [-0.4, -0.2) is 50.2 Å². The van der Waals surface area contributed by atoms with Crippen molar-refractivity contribution in [2.75, 3.05) is 39.4 Å². The molecule has 1 aromatic rings. The first kappa shape index (κ1) is 16.6. The third kappa shape index (κ3) is 5.22. The van der Waals surface area contributed by atoms with Gasteiger partial charge >= 0.3 is 0 Å². The van der Waals surface area contributed by atoms with Gasteiger partial charge in [-0.25, -0.2) is 0 Å². The fourth-order valence-corrected chi connectivity index (χ4v) is 2.50. The zero-order valence-corrected chi connectivity index (χ0v) is 13.3. The molecule has 22 heavy (non-hydrogen) atoms. The number of carbonyl (C=O) groups is 1. The summed E-state index contributed by atoms with van der Waals surface area (Å²) in [5.74, 6) is 1.73. The van der Waals surface area contributed by atoms with Crippen LogP contribution in [0.15, 0.2) is 24.3 Å². The van der Waals surface area contributed by atoms with Gasteiger partial charge in [-0.15, -0.1) is 0 Å². The van der Waals surface area contributed by atoms with E-state index >= 15 is 0 Å². The highest BCUT2D eigenvalue weighted by molar-refractivity contribution is 5.76. The zero-order valence-electron chi connectivity index (χ0n) is 13.3. The predicted molar refractivity (Wildman–Crippen MR) is 86.4 cm³/mol. The molecule has 0 spiro atoms. The van der Waals surface area contributed by atoms with Gasteiger partial charge < -0.3 is 19.7 Å². The molecule has 0 bridgehead atoms. The van der Waals surface area contributed by atoms with Gasteiger partial charge in [-0.3, -0.25) is 4.79 Å². The van der Waals surface area contributed by atoms with Crippen LogP contribution in [0.1, 0.15) is 26.2 Å². The second kappa shape index (κ2) is 9.30. The van der Waals surface area contributed by atoms with Crippen LogP contribution in [0.5, 0.6) is 11.5 Å². The maximum Gasteiger partial charge on any atom is 0.222 e. The highest BCUT2D eigenvalue weighted by Crippen LogP contribution is 2.26. The SMILES string of the molecule is CCOc1ccccc1OCCCC(=O)N1CCCNCC1. The van der Waals surface area contributed by atoms with E-state index in [1.54, 1.807) is 0 Å². The van der Waals surface area contributed by atoms with Crippen LogP contribution >= 0.6 is 0 Å². The molecule has 1 heterocycles. The van der Waals surface area contributed by atoms with Crippen molar-refractivity contribution < 1.29 is 14.3 Å². The largest absolute Gasteiger partial charge is 0.490 e. The van der Waals surface area contributed by atoms with Crippen LogP contribution in [0, 0.1) is 0 Å². The Bertz CT molecular complexity index is 457. The number of amides is 1. The molecule has 1 fully saturated rings. The molecule has 1 amide bonds. The molecular weight excluding hydrogens is 280 g/mol. The van der Waals surface area contributed by atoms with Crippen LogP contribution in [0.4, 0.5) is 0 Å². The Morgan fingerprint density at radius 2 is 1.95 bits per heavy atom. The second-order valence-corrected chi connectivity index (χ2v) is 5.32. The lowest BCUT2D eigenvalue weighted by molar-refractivity contribution is -0.131. The Labute approximate surface area is 132 Å². The van der Waals surface area contributed by atoms with Crippen molar-refractivity contribution in [1.29, 1.82) is 0 Å². The van der Waals surface area contributed by atoms with Gasteiger partial charge in [0.25, 0.3) is 0 Å². The summed E-state index contributed by atoms with van der Waals surface area (Å²) in [6.07, 6.45) is 2.30. The molecule has 0 aromatic heterocycles. The molecule has 1 aliphatic heterocycles. The maximum atomic E-state index is 12.1. The monoisotopic (exact) mass is 306 g/mol. The van der Waals surface area contributed by atoms with E-state index < -0.39 is 0 Å². The quantitative estimate of drug-likeness (QED) is 0.784. The summed E-state index contributed by atoms with van der Waals surface area (Å²) in [5.41, 5.74) is 0. The molecule has 1 N–H and O–H groups in total. The van der Waals surface area contributed by atoms with Gasteiger partial charge in [-0.05, 0) is 38.4 Å². The van der Waals surface area contributed by atoms with Gasteiger partial charge in [0.15, 0.2) is 11.5 Å². The van der Waals surface area contributed by atoms with Crippen LogP contribution in [-0.2, 0) is 4.79 Å². The van der Waals surface area contributed by atoms with Crippen LogP contribution in [0.3, 0.4) is 0 Å². The number of carbonyl (C=O) groups excluding carboxylic acids is 1. The number of hydrogen-bond acceptors (Lipinski definition) is 4. The van der Waals surface area contributed by atoms with Gasteiger partial charge in [0.05, 0.1) is 13.2 Å². The summed E-state index contributed by atoms with van der Waals surface area (Å²) in [6, 6.07) is 7.64. The summed E-state index contributed by atoms with van der Waals surface area (Å²) in [5, 5.41) is 3.31. The lowest BCUT2D eigenvalue weighted by Gasteiger charge is -2.20. The Balaban J connectivity index is 1.71. The summed E-state index contributed by atoms with van der Waals surface area (Å²) in [7, 11) is 0. The first-order chi connectivity index (χ1) is 10.8. The fraction of sp³-hybridized carbons (Fsp3) is 0.588. The van der Waals surface area contributed by atoms with E-state index in [2.05, 4.69) is 5.32 Å². The lowest BCUT2D eigenvalue weighted by atomic mass is 10.2. The average Bonchev–Trinajstić information content (AvgIpc) is 2.82. The Hall–Kier alpha value is -1.75. The molecule has 122 valence electrons. The molecule has 0 saturated carbocycles. The van der Waals surface area contributed by atoms with E-state index in [1.165, 1.54) is 0 Å². The highest BCUT2D eigenvalue weighted by Gasteiger charge is 2.14. The standard InChI is InChI=1S/C17H26N2O3/c1-2-21-15-7-3-4-8-16(15)22-14-5-9-17(20)19-12-6-10-18-11-13-19/h3-4,7-8,18H,2,5-6,9-14H2,1H3. The molecule has 5 nitrogen and oxygen atoms in total. The first-order valence-electron chi connectivity index (χ1n) is 8.14. The number of rotatable bonds is 7. The number of benzene rings is 1. The van der Waals surface area contributed by atoms with Crippen LogP contribution in [0.25, 0.3) is 0 Å². The van der Waals surface area contributed by atoms with Gasteiger partial charge in [0, 0.05) is 26.1 Å². The van der Waals surface area contributed by atoms with Crippen molar-refractivity contribution in [2.45, 2.75) is 26.2 Å². The Kier molecular flexibility index (Phi) is 7.03. The Morgan fingerprint density at radius 1 is 1.18 bits per heavy atom. The second-order valence-electron chi connectivity index (χ2n) is 5.32. The molecule has 0 unspecified atom stereocenters. The topological polar surface area (TPSA) is 50.8 Å². The Morgan fingerprint density at radius 3 is 2.73 bits per heavy atom. The normalized spacial score (nSPS) is 15.2. The number of nitrogens with one attached hydrogen (secondary N) is 1. The number of nitrogens with zero attached hydrogens (tertiary/aromatic N) is 1. The van der Waals surface area contributed by atoms with Gasteiger partial charge in [0.1, 0.15) is 0 Å². The molecular formula is C17H26N2O3. The summed E-state index contributed by atoms with van der Waals surface area (Å²) in [6.45, 7) is 6.66. The van der Waals surface area contributed by atoms with Gasteiger partial charge in [0.2, 0.25) is 5.91 Å². The van der Waals surface area contributed by atoms with Gasteiger partial charge in [-0.2, -0.15) is 0 Å². The smallest absolute Gasteiger partial charge is 0.222 e. The fourth-order valence-electron chi connectivity index (χ4n) is 2.50. The minimum Gasteiger partial charge on any atom is -0.490 e. The minimum absolute atomic E-state index is 0.227.